The maximum atomic E-state index is 12.3. The Balaban J connectivity index is 2.03. The summed E-state index contributed by atoms with van der Waals surface area (Å²) in [4.78, 5) is 13.8. The molecule has 4 nitrogen and oxygen atoms in total. The van der Waals surface area contributed by atoms with Crippen molar-refractivity contribution in [3.8, 4) is 0 Å². The van der Waals surface area contributed by atoms with E-state index in [0.29, 0.717) is 6.54 Å². The highest BCUT2D eigenvalue weighted by atomic mass is 35.5. The van der Waals surface area contributed by atoms with Gasteiger partial charge in [-0.3, -0.25) is 4.79 Å². The van der Waals surface area contributed by atoms with Crippen molar-refractivity contribution in [1.29, 1.82) is 0 Å². The second-order valence-corrected chi connectivity index (χ2v) is 5.08. The van der Waals surface area contributed by atoms with Crippen LogP contribution in [0.4, 0.5) is 0 Å². The number of aromatic nitrogens is 2. The maximum Gasteiger partial charge on any atom is 0.256 e. The van der Waals surface area contributed by atoms with Crippen LogP contribution in [0.1, 0.15) is 15.9 Å². The quantitative estimate of drug-likeness (QED) is 0.872. The van der Waals surface area contributed by atoms with Crippen LogP contribution in [0.2, 0.25) is 10.3 Å². The highest BCUT2D eigenvalue weighted by molar-refractivity contribution is 6.34. The van der Waals surface area contributed by atoms with E-state index in [1.807, 2.05) is 30.3 Å². The van der Waals surface area contributed by atoms with Crippen molar-refractivity contribution in [3.63, 3.8) is 0 Å². The zero-order valence-corrected chi connectivity index (χ0v) is 12.4. The number of benzene rings is 1. The zero-order valence-electron chi connectivity index (χ0n) is 10.9. The Labute approximate surface area is 127 Å². The van der Waals surface area contributed by atoms with Crippen LogP contribution in [-0.4, -0.2) is 34.6 Å². The van der Waals surface area contributed by atoms with E-state index in [-0.39, 0.29) is 21.8 Å². The summed E-state index contributed by atoms with van der Waals surface area (Å²) in [7, 11) is 1.72. The third-order valence-electron chi connectivity index (χ3n) is 2.87. The van der Waals surface area contributed by atoms with Gasteiger partial charge in [0.05, 0.1) is 5.56 Å². The molecule has 1 heterocycles. The lowest BCUT2D eigenvalue weighted by atomic mass is 10.1. The topological polar surface area (TPSA) is 46.1 Å². The molecule has 0 atom stereocenters. The largest absolute Gasteiger partial charge is 0.341 e. The third kappa shape index (κ3) is 3.68. The Morgan fingerprint density at radius 2 is 1.90 bits per heavy atom. The van der Waals surface area contributed by atoms with Crippen LogP contribution in [0.5, 0.6) is 0 Å². The average molecular weight is 310 g/mol. The predicted octanol–water partition coefficient (Wildman–Crippen LogP) is 3.10. The smallest absolute Gasteiger partial charge is 0.256 e. The monoisotopic (exact) mass is 309 g/mol. The first-order valence-electron chi connectivity index (χ1n) is 6.06. The van der Waals surface area contributed by atoms with Crippen molar-refractivity contribution in [2.45, 2.75) is 6.42 Å². The number of halogens is 2. The Morgan fingerprint density at radius 3 is 2.60 bits per heavy atom. The van der Waals surface area contributed by atoms with Gasteiger partial charge in [0, 0.05) is 13.6 Å². The molecule has 0 unspecified atom stereocenters. The molecule has 20 heavy (non-hydrogen) atoms. The molecule has 1 aromatic heterocycles. The van der Waals surface area contributed by atoms with Gasteiger partial charge in [-0.25, -0.2) is 0 Å². The summed E-state index contributed by atoms with van der Waals surface area (Å²) in [6.45, 7) is 0.582. The van der Waals surface area contributed by atoms with Gasteiger partial charge in [-0.15, -0.1) is 10.2 Å². The molecule has 104 valence electrons. The van der Waals surface area contributed by atoms with Gasteiger partial charge in [-0.2, -0.15) is 0 Å². The van der Waals surface area contributed by atoms with Gasteiger partial charge in [-0.1, -0.05) is 53.5 Å². The fraction of sp³-hybridized carbons (Fsp3) is 0.214. The average Bonchev–Trinajstić information content (AvgIpc) is 2.47. The fourth-order valence-corrected chi connectivity index (χ4v) is 2.07. The lowest BCUT2D eigenvalue weighted by Gasteiger charge is -2.17. The number of carbonyl (C=O) groups excluding carboxylic acids is 1. The van der Waals surface area contributed by atoms with E-state index >= 15 is 0 Å². The van der Waals surface area contributed by atoms with E-state index in [9.17, 15) is 4.79 Å². The highest BCUT2D eigenvalue weighted by Crippen LogP contribution is 2.17. The summed E-state index contributed by atoms with van der Waals surface area (Å²) < 4.78 is 0. The Bertz CT molecular complexity index is 605. The second-order valence-electron chi connectivity index (χ2n) is 4.33. The SMILES string of the molecule is CN(CCc1ccccc1)C(=O)c1cc(Cl)nnc1Cl. The van der Waals surface area contributed by atoms with E-state index in [1.165, 1.54) is 11.6 Å². The van der Waals surface area contributed by atoms with Gasteiger partial charge < -0.3 is 4.90 Å². The molecule has 0 fully saturated rings. The van der Waals surface area contributed by atoms with Gasteiger partial charge in [0.25, 0.3) is 5.91 Å². The van der Waals surface area contributed by atoms with Gasteiger partial charge in [0.2, 0.25) is 0 Å². The van der Waals surface area contributed by atoms with Crippen LogP contribution in [0, 0.1) is 0 Å². The van der Waals surface area contributed by atoms with Crippen molar-refractivity contribution in [1.82, 2.24) is 15.1 Å². The van der Waals surface area contributed by atoms with E-state index < -0.39 is 0 Å². The van der Waals surface area contributed by atoms with Crippen molar-refractivity contribution < 1.29 is 4.79 Å². The number of hydrogen-bond acceptors (Lipinski definition) is 3. The number of likely N-dealkylation sites (N-methyl/N-ethyl adjacent to an activating group) is 1. The summed E-state index contributed by atoms with van der Waals surface area (Å²) in [5.41, 5.74) is 1.44. The number of hydrogen-bond donors (Lipinski definition) is 0. The molecule has 0 aliphatic heterocycles. The van der Waals surface area contributed by atoms with E-state index in [2.05, 4.69) is 10.2 Å². The molecular formula is C14H13Cl2N3O. The summed E-state index contributed by atoms with van der Waals surface area (Å²) in [6, 6.07) is 11.4. The Kier molecular flexibility index (Phi) is 4.93. The molecule has 0 saturated heterocycles. The first kappa shape index (κ1) is 14.8. The first-order chi connectivity index (χ1) is 9.58. The summed E-state index contributed by atoms with van der Waals surface area (Å²) in [6.07, 6.45) is 0.771. The number of amides is 1. The van der Waals surface area contributed by atoms with Gasteiger partial charge in [0.1, 0.15) is 0 Å². The molecule has 0 radical (unpaired) electrons. The highest BCUT2D eigenvalue weighted by Gasteiger charge is 2.17. The molecule has 6 heteroatoms. The first-order valence-corrected chi connectivity index (χ1v) is 6.81. The maximum absolute atomic E-state index is 12.3. The predicted molar refractivity (Wildman–Crippen MR) is 79.2 cm³/mol. The van der Waals surface area contributed by atoms with Crippen molar-refractivity contribution in [3.05, 3.63) is 57.8 Å². The Hall–Kier alpha value is -1.65. The van der Waals surface area contributed by atoms with E-state index in [0.717, 1.165) is 6.42 Å². The summed E-state index contributed by atoms with van der Waals surface area (Å²) in [5.74, 6) is -0.220. The minimum absolute atomic E-state index is 0.0611. The van der Waals surface area contributed by atoms with Crippen LogP contribution in [0.25, 0.3) is 0 Å². The summed E-state index contributed by atoms with van der Waals surface area (Å²) in [5, 5.41) is 7.43. The van der Waals surface area contributed by atoms with Crippen LogP contribution >= 0.6 is 23.2 Å². The minimum atomic E-state index is -0.220. The molecule has 2 aromatic rings. The number of carbonyl (C=O) groups is 1. The zero-order chi connectivity index (χ0) is 14.5. The molecular weight excluding hydrogens is 297 g/mol. The molecule has 1 amide bonds. The minimum Gasteiger partial charge on any atom is -0.341 e. The molecule has 0 aliphatic carbocycles. The molecule has 1 aromatic carbocycles. The normalized spacial score (nSPS) is 10.3. The molecule has 0 bridgehead atoms. The van der Waals surface area contributed by atoms with Crippen LogP contribution in [0.3, 0.4) is 0 Å². The fourth-order valence-electron chi connectivity index (χ4n) is 1.75. The Morgan fingerprint density at radius 1 is 1.20 bits per heavy atom. The summed E-state index contributed by atoms with van der Waals surface area (Å²) >= 11 is 11.6. The van der Waals surface area contributed by atoms with Gasteiger partial charge in [0.15, 0.2) is 10.3 Å². The molecule has 0 saturated carbocycles. The van der Waals surface area contributed by atoms with Gasteiger partial charge in [-0.05, 0) is 18.1 Å². The van der Waals surface area contributed by atoms with Crippen molar-refractivity contribution in [2.24, 2.45) is 0 Å². The molecule has 0 spiro atoms. The third-order valence-corrected chi connectivity index (χ3v) is 3.34. The standard InChI is InChI=1S/C14H13Cl2N3O/c1-19(8-7-10-5-3-2-4-6-10)14(20)11-9-12(15)17-18-13(11)16/h2-6,9H,7-8H2,1H3. The molecule has 0 N–H and O–H groups in total. The van der Waals surface area contributed by atoms with Crippen molar-refractivity contribution in [2.75, 3.05) is 13.6 Å². The number of rotatable bonds is 4. The van der Waals surface area contributed by atoms with Crippen LogP contribution < -0.4 is 0 Å². The van der Waals surface area contributed by atoms with E-state index in [4.69, 9.17) is 23.2 Å². The van der Waals surface area contributed by atoms with Gasteiger partial charge >= 0.3 is 0 Å². The van der Waals surface area contributed by atoms with Crippen LogP contribution in [0.15, 0.2) is 36.4 Å². The molecule has 2 rings (SSSR count). The van der Waals surface area contributed by atoms with Crippen molar-refractivity contribution >= 4 is 29.1 Å². The lowest BCUT2D eigenvalue weighted by molar-refractivity contribution is 0.0796. The number of nitrogens with zero attached hydrogens (tertiary/aromatic N) is 3. The second kappa shape index (κ2) is 6.68. The van der Waals surface area contributed by atoms with Crippen LogP contribution in [-0.2, 0) is 6.42 Å². The molecule has 0 aliphatic rings. The van der Waals surface area contributed by atoms with E-state index in [1.54, 1.807) is 11.9 Å². The lowest BCUT2D eigenvalue weighted by Crippen LogP contribution is -2.29.